The number of hydrogen-bond acceptors (Lipinski definition) is 4. The highest BCUT2D eigenvalue weighted by molar-refractivity contribution is 6.33. The highest BCUT2D eigenvalue weighted by atomic mass is 35.5. The number of nitrogens with one attached hydrogen (secondary N) is 2. The average Bonchev–Trinajstić information content (AvgIpc) is 2.53. The van der Waals surface area contributed by atoms with Crippen molar-refractivity contribution in [2.24, 2.45) is 0 Å². The van der Waals surface area contributed by atoms with Gasteiger partial charge in [0.2, 0.25) is 0 Å². The number of rotatable bonds is 6. The topological polar surface area (TPSA) is 63.2 Å². The van der Waals surface area contributed by atoms with E-state index in [1.54, 1.807) is 13.1 Å². The molecule has 1 heterocycles. The van der Waals surface area contributed by atoms with Crippen LogP contribution < -0.4 is 15.4 Å². The van der Waals surface area contributed by atoms with E-state index < -0.39 is 0 Å². The van der Waals surface area contributed by atoms with Crippen LogP contribution in [0.15, 0.2) is 42.6 Å². The van der Waals surface area contributed by atoms with Gasteiger partial charge in [-0.2, -0.15) is 0 Å². The molecule has 0 atom stereocenters. The number of carbonyl (C=O) groups is 1. The molecule has 2 rings (SSSR count). The van der Waals surface area contributed by atoms with E-state index in [0.29, 0.717) is 29.6 Å². The second-order valence-corrected chi connectivity index (χ2v) is 4.62. The van der Waals surface area contributed by atoms with Crippen LogP contribution in [0.4, 0.5) is 5.82 Å². The summed E-state index contributed by atoms with van der Waals surface area (Å²) in [6.45, 7) is 0.776. The van der Waals surface area contributed by atoms with Crippen LogP contribution >= 0.6 is 11.6 Å². The number of pyridine rings is 1. The number of anilines is 1. The summed E-state index contributed by atoms with van der Waals surface area (Å²) in [5, 5.41) is 5.94. The monoisotopic (exact) mass is 305 g/mol. The van der Waals surface area contributed by atoms with Crippen molar-refractivity contribution < 1.29 is 9.53 Å². The number of benzene rings is 1. The Morgan fingerprint density at radius 3 is 2.81 bits per heavy atom. The fourth-order valence-corrected chi connectivity index (χ4v) is 1.88. The van der Waals surface area contributed by atoms with Crippen molar-refractivity contribution in [3.05, 3.63) is 53.2 Å². The molecule has 0 bridgehead atoms. The minimum atomic E-state index is -0.254. The molecule has 1 aromatic heterocycles. The van der Waals surface area contributed by atoms with Gasteiger partial charge in [-0.3, -0.25) is 4.79 Å². The smallest absolute Gasteiger partial charge is 0.253 e. The maximum absolute atomic E-state index is 12.0. The highest BCUT2D eigenvalue weighted by Gasteiger charge is 2.11. The third kappa shape index (κ3) is 4.36. The van der Waals surface area contributed by atoms with Crippen molar-refractivity contribution in [3.63, 3.8) is 0 Å². The lowest BCUT2D eigenvalue weighted by molar-refractivity contribution is 0.0947. The van der Waals surface area contributed by atoms with Crippen LogP contribution in [0.3, 0.4) is 0 Å². The van der Waals surface area contributed by atoms with Gasteiger partial charge in [0.25, 0.3) is 5.91 Å². The zero-order valence-corrected chi connectivity index (χ0v) is 12.4. The summed E-state index contributed by atoms with van der Waals surface area (Å²) in [7, 11) is 1.73. The second kappa shape index (κ2) is 7.50. The first kappa shape index (κ1) is 15.1. The fourth-order valence-electron chi connectivity index (χ4n) is 1.69. The van der Waals surface area contributed by atoms with Gasteiger partial charge in [-0.1, -0.05) is 29.8 Å². The Morgan fingerprint density at radius 2 is 2.10 bits per heavy atom. The molecule has 5 nitrogen and oxygen atoms in total. The summed E-state index contributed by atoms with van der Waals surface area (Å²) in [5.41, 5.74) is 0.385. The van der Waals surface area contributed by atoms with E-state index in [4.69, 9.17) is 16.3 Å². The summed E-state index contributed by atoms with van der Waals surface area (Å²) in [6.07, 6.45) is 1.45. The van der Waals surface area contributed by atoms with Crippen LogP contribution in [0.25, 0.3) is 0 Å². The Kier molecular flexibility index (Phi) is 5.40. The first-order valence-corrected chi connectivity index (χ1v) is 6.88. The van der Waals surface area contributed by atoms with E-state index in [1.807, 2.05) is 30.3 Å². The third-order valence-corrected chi connectivity index (χ3v) is 3.06. The van der Waals surface area contributed by atoms with Crippen molar-refractivity contribution in [1.29, 1.82) is 0 Å². The Balaban J connectivity index is 1.84. The van der Waals surface area contributed by atoms with Crippen molar-refractivity contribution in [1.82, 2.24) is 10.3 Å². The quantitative estimate of drug-likeness (QED) is 0.805. The molecule has 0 unspecified atom stereocenters. The van der Waals surface area contributed by atoms with Gasteiger partial charge in [0, 0.05) is 13.2 Å². The third-order valence-electron chi connectivity index (χ3n) is 2.76. The zero-order valence-electron chi connectivity index (χ0n) is 11.6. The van der Waals surface area contributed by atoms with E-state index >= 15 is 0 Å². The minimum Gasteiger partial charge on any atom is -0.492 e. The molecule has 0 fully saturated rings. The predicted molar refractivity (Wildman–Crippen MR) is 83.1 cm³/mol. The maximum Gasteiger partial charge on any atom is 0.253 e. The lowest BCUT2D eigenvalue weighted by atomic mass is 10.2. The molecule has 6 heteroatoms. The zero-order chi connectivity index (χ0) is 15.1. The van der Waals surface area contributed by atoms with Crippen LogP contribution in [0.5, 0.6) is 5.75 Å². The van der Waals surface area contributed by atoms with Gasteiger partial charge in [0.05, 0.1) is 17.1 Å². The van der Waals surface area contributed by atoms with Crippen LogP contribution in [0.2, 0.25) is 5.02 Å². The Hall–Kier alpha value is -2.27. The molecule has 0 saturated carbocycles. The van der Waals surface area contributed by atoms with E-state index in [0.717, 1.165) is 5.75 Å². The second-order valence-electron chi connectivity index (χ2n) is 4.22. The van der Waals surface area contributed by atoms with E-state index in [9.17, 15) is 4.79 Å². The Morgan fingerprint density at radius 1 is 1.33 bits per heavy atom. The van der Waals surface area contributed by atoms with E-state index in [1.165, 1.54) is 6.20 Å². The number of halogens is 1. The van der Waals surface area contributed by atoms with E-state index in [-0.39, 0.29) is 5.91 Å². The molecule has 2 N–H and O–H groups in total. The van der Waals surface area contributed by atoms with Crippen LogP contribution in [0, 0.1) is 0 Å². The molecule has 0 radical (unpaired) electrons. The first-order chi connectivity index (χ1) is 10.2. The highest BCUT2D eigenvalue weighted by Crippen LogP contribution is 2.17. The van der Waals surface area contributed by atoms with Crippen molar-refractivity contribution in [3.8, 4) is 5.75 Å². The number of nitrogens with zero attached hydrogens (tertiary/aromatic N) is 1. The van der Waals surface area contributed by atoms with Gasteiger partial charge in [-0.05, 0) is 18.2 Å². The summed E-state index contributed by atoms with van der Waals surface area (Å²) >= 11 is 5.97. The molecule has 0 aliphatic carbocycles. The Bertz CT molecular complexity index is 605. The van der Waals surface area contributed by atoms with Crippen molar-refractivity contribution in [2.45, 2.75) is 0 Å². The minimum absolute atomic E-state index is 0.254. The number of hydrogen-bond donors (Lipinski definition) is 2. The number of aromatic nitrogens is 1. The fraction of sp³-hybridized carbons (Fsp3) is 0.200. The number of para-hydroxylation sites is 1. The molecule has 0 aliphatic heterocycles. The van der Waals surface area contributed by atoms with Gasteiger partial charge in [0.1, 0.15) is 18.2 Å². The maximum atomic E-state index is 12.0. The number of ether oxygens (including phenoxy) is 1. The number of carbonyl (C=O) groups excluding carboxylic acids is 1. The lowest BCUT2D eigenvalue weighted by Crippen LogP contribution is -2.28. The predicted octanol–water partition coefficient (Wildman–Crippen LogP) is 2.59. The summed E-state index contributed by atoms with van der Waals surface area (Å²) in [6, 6.07) is 11.0. The standard InChI is InChI=1S/C15H16ClN3O2/c1-17-14-9-12(13(16)10-19-14)15(20)18-7-8-21-11-5-3-2-4-6-11/h2-6,9-10H,7-8H2,1H3,(H,17,19)(H,18,20). The van der Waals surface area contributed by atoms with Gasteiger partial charge < -0.3 is 15.4 Å². The van der Waals surface area contributed by atoms with Gasteiger partial charge in [-0.25, -0.2) is 4.98 Å². The molecule has 21 heavy (non-hydrogen) atoms. The molecular formula is C15H16ClN3O2. The van der Waals surface area contributed by atoms with Gasteiger partial charge in [-0.15, -0.1) is 0 Å². The van der Waals surface area contributed by atoms with Crippen molar-refractivity contribution >= 4 is 23.3 Å². The average molecular weight is 306 g/mol. The molecule has 0 aliphatic rings. The largest absolute Gasteiger partial charge is 0.492 e. The Labute approximate surface area is 128 Å². The molecule has 110 valence electrons. The van der Waals surface area contributed by atoms with E-state index in [2.05, 4.69) is 15.6 Å². The molecule has 1 amide bonds. The lowest BCUT2D eigenvalue weighted by Gasteiger charge is -2.09. The molecule has 0 spiro atoms. The molecule has 2 aromatic rings. The molecule has 1 aromatic carbocycles. The van der Waals surface area contributed by atoms with Crippen LogP contribution in [-0.2, 0) is 0 Å². The van der Waals surface area contributed by atoms with Crippen molar-refractivity contribution in [2.75, 3.05) is 25.5 Å². The summed E-state index contributed by atoms with van der Waals surface area (Å²) in [4.78, 5) is 16.1. The normalized spacial score (nSPS) is 10.0. The number of amides is 1. The molecular weight excluding hydrogens is 290 g/mol. The molecule has 0 saturated heterocycles. The van der Waals surface area contributed by atoms with Gasteiger partial charge >= 0.3 is 0 Å². The van der Waals surface area contributed by atoms with Crippen LogP contribution in [-0.4, -0.2) is 31.1 Å². The van der Waals surface area contributed by atoms with Gasteiger partial charge in [0.15, 0.2) is 0 Å². The summed E-state index contributed by atoms with van der Waals surface area (Å²) in [5.74, 6) is 1.10. The SMILES string of the molecule is CNc1cc(C(=O)NCCOc2ccccc2)c(Cl)cn1. The van der Waals surface area contributed by atoms with Crippen LogP contribution in [0.1, 0.15) is 10.4 Å². The summed E-state index contributed by atoms with van der Waals surface area (Å²) < 4.78 is 5.50. The first-order valence-electron chi connectivity index (χ1n) is 6.50.